The van der Waals surface area contributed by atoms with Gasteiger partial charge in [0, 0.05) is 29.8 Å². The van der Waals surface area contributed by atoms with Crippen molar-refractivity contribution < 1.29 is 14.3 Å². The Labute approximate surface area is 183 Å². The maximum absolute atomic E-state index is 12.7. The average molecular weight is 444 g/mol. The zero-order valence-corrected chi connectivity index (χ0v) is 19.4. The molecule has 4 rings (SSSR count). The molecule has 3 heterocycles. The molecule has 8 heteroatoms. The van der Waals surface area contributed by atoms with E-state index in [4.69, 9.17) is 9.72 Å². The Kier molecular flexibility index (Phi) is 5.32. The lowest BCUT2D eigenvalue weighted by molar-refractivity contribution is -0.114. The molecule has 0 saturated carbocycles. The number of carbonyl (C=O) groups excluding carboxylic acids is 2. The number of benzene rings is 1. The zero-order valence-electron chi connectivity index (χ0n) is 17.7. The van der Waals surface area contributed by atoms with E-state index in [1.54, 1.807) is 16.2 Å². The number of amides is 2. The van der Waals surface area contributed by atoms with E-state index in [2.05, 4.69) is 18.3 Å². The van der Waals surface area contributed by atoms with Crippen molar-refractivity contribution in [2.45, 2.75) is 52.7 Å². The van der Waals surface area contributed by atoms with Crippen LogP contribution in [0, 0.1) is 0 Å². The summed E-state index contributed by atoms with van der Waals surface area (Å²) in [6, 6.07) is 8.04. The van der Waals surface area contributed by atoms with Crippen LogP contribution in [0.2, 0.25) is 0 Å². The molecule has 2 amide bonds. The quantitative estimate of drug-likeness (QED) is 0.540. The summed E-state index contributed by atoms with van der Waals surface area (Å²) < 4.78 is 6.69. The Morgan fingerprint density at radius 1 is 1.23 bits per heavy atom. The van der Waals surface area contributed by atoms with Crippen LogP contribution in [0.1, 0.15) is 51.0 Å². The van der Waals surface area contributed by atoms with Gasteiger partial charge in [0.05, 0.1) is 16.8 Å². The van der Waals surface area contributed by atoms with Gasteiger partial charge in [-0.1, -0.05) is 19.1 Å². The average Bonchev–Trinajstić information content (AvgIpc) is 3.20. The standard InChI is InChI=1S/C22H25N3O3S2/c1-12-10-25(21(27)28-22(3,4)5)11-16-17(12)18(19(30-16)23-13(2)26)20-24-14-8-6-7-9-15(14)29-20/h6-9,12H,10-11H2,1-5H3,(H,23,26). The Morgan fingerprint density at radius 2 is 1.97 bits per heavy atom. The molecule has 0 fully saturated rings. The lowest BCUT2D eigenvalue weighted by Gasteiger charge is -2.33. The van der Waals surface area contributed by atoms with Crippen LogP contribution in [0.15, 0.2) is 24.3 Å². The second-order valence-corrected chi connectivity index (χ2v) is 10.7. The molecule has 1 aromatic carbocycles. The van der Waals surface area contributed by atoms with E-state index in [1.807, 2.05) is 39.0 Å². The maximum atomic E-state index is 12.7. The number of thiophene rings is 1. The molecular weight excluding hydrogens is 418 g/mol. The first-order chi connectivity index (χ1) is 14.1. The number of hydrogen-bond donors (Lipinski definition) is 1. The summed E-state index contributed by atoms with van der Waals surface area (Å²) in [5.74, 6) is -0.0188. The number of nitrogens with one attached hydrogen (secondary N) is 1. The van der Waals surface area contributed by atoms with Gasteiger partial charge in [-0.05, 0) is 38.5 Å². The Balaban J connectivity index is 1.77. The summed E-state index contributed by atoms with van der Waals surface area (Å²) in [7, 11) is 0. The lowest BCUT2D eigenvalue weighted by Crippen LogP contribution is -2.40. The third-order valence-electron chi connectivity index (χ3n) is 4.79. The zero-order chi connectivity index (χ0) is 21.6. The largest absolute Gasteiger partial charge is 0.444 e. The summed E-state index contributed by atoms with van der Waals surface area (Å²) in [5, 5.41) is 4.68. The second kappa shape index (κ2) is 7.67. The molecule has 6 nitrogen and oxygen atoms in total. The predicted molar refractivity (Wildman–Crippen MR) is 122 cm³/mol. The molecule has 158 valence electrons. The molecule has 1 aliphatic heterocycles. The van der Waals surface area contributed by atoms with Gasteiger partial charge in [-0.15, -0.1) is 22.7 Å². The highest BCUT2D eigenvalue weighted by Gasteiger charge is 2.34. The molecule has 1 aliphatic rings. The molecule has 0 aliphatic carbocycles. The fraction of sp³-hybridized carbons (Fsp3) is 0.409. The van der Waals surface area contributed by atoms with E-state index >= 15 is 0 Å². The SMILES string of the molecule is CC(=O)Nc1sc2c(c1-c1nc3ccccc3s1)C(C)CN(C(=O)OC(C)(C)C)C2. The molecular formula is C22H25N3O3S2. The first-order valence-corrected chi connectivity index (χ1v) is 11.5. The van der Waals surface area contributed by atoms with Crippen molar-refractivity contribution in [2.75, 3.05) is 11.9 Å². The predicted octanol–water partition coefficient (Wildman–Crippen LogP) is 5.84. The molecule has 0 radical (unpaired) electrons. The number of aromatic nitrogens is 1. The van der Waals surface area contributed by atoms with Crippen molar-refractivity contribution in [3.63, 3.8) is 0 Å². The first-order valence-electron chi connectivity index (χ1n) is 9.89. The summed E-state index contributed by atoms with van der Waals surface area (Å²) in [6.45, 7) is 10.3. The van der Waals surface area contributed by atoms with E-state index in [0.29, 0.717) is 13.1 Å². The van der Waals surface area contributed by atoms with Crippen LogP contribution in [-0.2, 0) is 16.1 Å². The Morgan fingerprint density at radius 3 is 2.63 bits per heavy atom. The van der Waals surface area contributed by atoms with Crippen LogP contribution in [-0.4, -0.2) is 34.0 Å². The van der Waals surface area contributed by atoms with Crippen LogP contribution in [0.3, 0.4) is 0 Å². The van der Waals surface area contributed by atoms with E-state index in [-0.39, 0.29) is 17.9 Å². The fourth-order valence-electron chi connectivity index (χ4n) is 3.69. The van der Waals surface area contributed by atoms with Crippen LogP contribution >= 0.6 is 22.7 Å². The first kappa shape index (κ1) is 20.8. The number of anilines is 1. The Hall–Kier alpha value is -2.45. The van der Waals surface area contributed by atoms with Crippen molar-refractivity contribution >= 4 is 49.9 Å². The highest BCUT2D eigenvalue weighted by atomic mass is 32.1. The third kappa shape index (κ3) is 4.06. The molecule has 0 spiro atoms. The highest BCUT2D eigenvalue weighted by Crippen LogP contribution is 2.48. The van der Waals surface area contributed by atoms with Gasteiger partial charge in [0.15, 0.2) is 0 Å². The van der Waals surface area contributed by atoms with Gasteiger partial charge in [0.25, 0.3) is 0 Å². The molecule has 2 aromatic heterocycles. The van der Waals surface area contributed by atoms with Crippen LogP contribution < -0.4 is 5.32 Å². The fourth-order valence-corrected chi connectivity index (χ4v) is 6.17. The number of rotatable bonds is 2. The number of fused-ring (bicyclic) bond motifs is 2. The van der Waals surface area contributed by atoms with Gasteiger partial charge in [-0.2, -0.15) is 0 Å². The minimum absolute atomic E-state index is 0.0991. The molecule has 3 aromatic rings. The minimum Gasteiger partial charge on any atom is -0.444 e. The molecule has 30 heavy (non-hydrogen) atoms. The van der Waals surface area contributed by atoms with Crippen molar-refractivity contribution in [3.05, 3.63) is 34.7 Å². The van der Waals surface area contributed by atoms with Gasteiger partial charge >= 0.3 is 6.09 Å². The van der Waals surface area contributed by atoms with Crippen LogP contribution in [0.25, 0.3) is 20.8 Å². The smallest absolute Gasteiger partial charge is 0.410 e. The van der Waals surface area contributed by atoms with Crippen molar-refractivity contribution in [1.82, 2.24) is 9.88 Å². The molecule has 1 N–H and O–H groups in total. The van der Waals surface area contributed by atoms with Gasteiger partial charge in [0.2, 0.25) is 5.91 Å². The van der Waals surface area contributed by atoms with E-state index in [0.717, 1.165) is 30.7 Å². The number of hydrogen-bond acceptors (Lipinski definition) is 6. The highest BCUT2D eigenvalue weighted by molar-refractivity contribution is 7.23. The molecule has 0 saturated heterocycles. The molecule has 0 bridgehead atoms. The van der Waals surface area contributed by atoms with Gasteiger partial charge < -0.3 is 15.0 Å². The number of carbonyl (C=O) groups is 2. The summed E-state index contributed by atoms with van der Waals surface area (Å²) in [5.41, 5.74) is 2.57. The van der Waals surface area contributed by atoms with E-state index in [1.165, 1.54) is 23.8 Å². The number of thiazole rings is 1. The molecule has 1 atom stereocenters. The van der Waals surface area contributed by atoms with Gasteiger partial charge in [0.1, 0.15) is 15.6 Å². The monoisotopic (exact) mass is 443 g/mol. The Bertz CT molecular complexity index is 1090. The van der Waals surface area contributed by atoms with Gasteiger partial charge in [-0.25, -0.2) is 9.78 Å². The van der Waals surface area contributed by atoms with Crippen molar-refractivity contribution in [1.29, 1.82) is 0 Å². The third-order valence-corrected chi connectivity index (χ3v) is 6.95. The van der Waals surface area contributed by atoms with E-state index < -0.39 is 5.60 Å². The molecule has 1 unspecified atom stereocenters. The van der Waals surface area contributed by atoms with Crippen molar-refractivity contribution in [2.24, 2.45) is 0 Å². The van der Waals surface area contributed by atoms with Crippen molar-refractivity contribution in [3.8, 4) is 10.6 Å². The second-order valence-electron chi connectivity index (χ2n) is 8.57. The van der Waals surface area contributed by atoms with Crippen LogP contribution in [0.4, 0.5) is 9.80 Å². The lowest BCUT2D eigenvalue weighted by atomic mass is 9.93. The van der Waals surface area contributed by atoms with E-state index in [9.17, 15) is 9.59 Å². The summed E-state index contributed by atoms with van der Waals surface area (Å²) in [4.78, 5) is 32.2. The number of ether oxygens (including phenoxy) is 1. The topological polar surface area (TPSA) is 71.5 Å². The maximum Gasteiger partial charge on any atom is 0.410 e. The summed E-state index contributed by atoms with van der Waals surface area (Å²) in [6.07, 6.45) is -0.309. The number of para-hydroxylation sites is 1. The normalized spacial score (nSPS) is 16.4. The number of nitrogens with zero attached hydrogens (tertiary/aromatic N) is 2. The van der Waals surface area contributed by atoms with Gasteiger partial charge in [-0.3, -0.25) is 4.79 Å². The summed E-state index contributed by atoms with van der Waals surface area (Å²) >= 11 is 3.15. The minimum atomic E-state index is -0.538. The van der Waals surface area contributed by atoms with Crippen LogP contribution in [0.5, 0.6) is 0 Å².